The van der Waals surface area contributed by atoms with Gasteiger partial charge in [-0.2, -0.15) is 4.98 Å². The zero-order valence-electron chi connectivity index (χ0n) is 11.2. The molecule has 18 heavy (non-hydrogen) atoms. The summed E-state index contributed by atoms with van der Waals surface area (Å²) >= 11 is 0. The van der Waals surface area contributed by atoms with Gasteiger partial charge in [0.25, 0.3) is 0 Å². The second kappa shape index (κ2) is 6.00. The van der Waals surface area contributed by atoms with Crippen molar-refractivity contribution in [1.82, 2.24) is 14.9 Å². The third-order valence-electron chi connectivity index (χ3n) is 3.46. The smallest absolute Gasteiger partial charge is 0.218 e. The maximum atomic E-state index is 5.71. The van der Waals surface area contributed by atoms with Gasteiger partial charge in [-0.05, 0) is 32.9 Å². The average molecular weight is 250 g/mol. The zero-order chi connectivity index (χ0) is 13.0. The fourth-order valence-electron chi connectivity index (χ4n) is 2.37. The minimum absolute atomic E-state index is 0.481. The van der Waals surface area contributed by atoms with E-state index in [9.17, 15) is 0 Å². The Labute approximate surface area is 108 Å². The SMILES string of the molecule is CCc1nc(N)cc(OCCC2CCCN2C)n1. The number of likely N-dealkylation sites (tertiary alicyclic amines) is 1. The van der Waals surface area contributed by atoms with Crippen molar-refractivity contribution in [3.63, 3.8) is 0 Å². The molecule has 1 unspecified atom stereocenters. The first kappa shape index (κ1) is 13.1. The molecule has 1 aromatic heterocycles. The molecule has 1 atom stereocenters. The summed E-state index contributed by atoms with van der Waals surface area (Å²) in [6, 6.07) is 2.34. The molecule has 5 heteroatoms. The lowest BCUT2D eigenvalue weighted by Crippen LogP contribution is -2.26. The quantitative estimate of drug-likeness (QED) is 0.857. The fourth-order valence-corrected chi connectivity index (χ4v) is 2.37. The van der Waals surface area contributed by atoms with Crippen LogP contribution >= 0.6 is 0 Å². The first-order valence-electron chi connectivity index (χ1n) is 6.65. The molecule has 0 aromatic carbocycles. The minimum atomic E-state index is 0.481. The highest BCUT2D eigenvalue weighted by molar-refractivity contribution is 5.32. The number of hydrogen-bond donors (Lipinski definition) is 1. The number of anilines is 1. The molecule has 100 valence electrons. The lowest BCUT2D eigenvalue weighted by atomic mass is 10.1. The van der Waals surface area contributed by atoms with E-state index in [0.717, 1.165) is 18.7 Å². The molecule has 1 aliphatic heterocycles. The molecule has 1 fully saturated rings. The number of aryl methyl sites for hydroxylation is 1. The summed E-state index contributed by atoms with van der Waals surface area (Å²) in [5.74, 6) is 1.82. The van der Waals surface area contributed by atoms with Gasteiger partial charge in [0, 0.05) is 18.5 Å². The van der Waals surface area contributed by atoms with Gasteiger partial charge < -0.3 is 15.4 Å². The van der Waals surface area contributed by atoms with Gasteiger partial charge in [-0.25, -0.2) is 4.98 Å². The van der Waals surface area contributed by atoms with Crippen LogP contribution in [-0.4, -0.2) is 41.1 Å². The number of hydrogen-bond acceptors (Lipinski definition) is 5. The number of rotatable bonds is 5. The predicted molar refractivity (Wildman–Crippen MR) is 71.6 cm³/mol. The standard InChI is InChI=1S/C13H22N4O/c1-3-12-15-11(14)9-13(16-12)18-8-6-10-5-4-7-17(10)2/h9-10H,3-8H2,1-2H3,(H2,14,15,16). The van der Waals surface area contributed by atoms with Gasteiger partial charge in [-0.1, -0.05) is 6.92 Å². The number of nitrogen functional groups attached to an aromatic ring is 1. The van der Waals surface area contributed by atoms with Crippen molar-refractivity contribution < 1.29 is 4.74 Å². The number of ether oxygens (including phenoxy) is 1. The van der Waals surface area contributed by atoms with Gasteiger partial charge in [0.05, 0.1) is 6.61 Å². The number of aromatic nitrogens is 2. The van der Waals surface area contributed by atoms with Crippen molar-refractivity contribution in [2.24, 2.45) is 0 Å². The Hall–Kier alpha value is -1.36. The van der Waals surface area contributed by atoms with Gasteiger partial charge in [0.1, 0.15) is 11.6 Å². The molecular formula is C13H22N4O. The van der Waals surface area contributed by atoms with Crippen LogP contribution in [0.1, 0.15) is 32.0 Å². The lowest BCUT2D eigenvalue weighted by molar-refractivity contribution is 0.228. The van der Waals surface area contributed by atoms with Crippen LogP contribution in [0, 0.1) is 0 Å². The summed E-state index contributed by atoms with van der Waals surface area (Å²) in [5, 5.41) is 0. The summed E-state index contributed by atoms with van der Waals surface area (Å²) < 4.78 is 5.68. The highest BCUT2D eigenvalue weighted by Crippen LogP contribution is 2.18. The molecule has 2 N–H and O–H groups in total. The molecule has 0 radical (unpaired) electrons. The van der Waals surface area contributed by atoms with Crippen LogP contribution < -0.4 is 10.5 Å². The van der Waals surface area contributed by atoms with Crippen molar-refractivity contribution in [2.75, 3.05) is 25.9 Å². The van der Waals surface area contributed by atoms with E-state index in [1.807, 2.05) is 6.92 Å². The van der Waals surface area contributed by atoms with Gasteiger partial charge in [-0.3, -0.25) is 0 Å². The maximum Gasteiger partial charge on any atom is 0.218 e. The Balaban J connectivity index is 1.84. The Bertz CT molecular complexity index is 397. The third kappa shape index (κ3) is 3.32. The van der Waals surface area contributed by atoms with Gasteiger partial charge in [0.2, 0.25) is 5.88 Å². The van der Waals surface area contributed by atoms with Crippen LogP contribution in [0.25, 0.3) is 0 Å². The van der Waals surface area contributed by atoms with E-state index in [0.29, 0.717) is 24.3 Å². The molecule has 0 aliphatic carbocycles. The van der Waals surface area contributed by atoms with E-state index >= 15 is 0 Å². The summed E-state index contributed by atoms with van der Waals surface area (Å²) in [4.78, 5) is 10.8. The Morgan fingerprint density at radius 2 is 2.33 bits per heavy atom. The second-order valence-electron chi connectivity index (χ2n) is 4.81. The first-order valence-corrected chi connectivity index (χ1v) is 6.65. The average Bonchev–Trinajstić information content (AvgIpc) is 2.74. The number of nitrogens with zero attached hydrogens (tertiary/aromatic N) is 3. The van der Waals surface area contributed by atoms with Crippen molar-refractivity contribution in [1.29, 1.82) is 0 Å². The van der Waals surface area contributed by atoms with E-state index in [-0.39, 0.29) is 0 Å². The molecule has 0 saturated carbocycles. The fraction of sp³-hybridized carbons (Fsp3) is 0.692. The van der Waals surface area contributed by atoms with Gasteiger partial charge >= 0.3 is 0 Å². The van der Waals surface area contributed by atoms with E-state index in [2.05, 4.69) is 21.9 Å². The minimum Gasteiger partial charge on any atom is -0.477 e. The molecule has 1 aromatic rings. The summed E-state index contributed by atoms with van der Waals surface area (Å²) in [6.45, 7) is 3.89. The first-order chi connectivity index (χ1) is 8.69. The highest BCUT2D eigenvalue weighted by atomic mass is 16.5. The summed E-state index contributed by atoms with van der Waals surface area (Å²) in [7, 11) is 2.18. The molecule has 0 amide bonds. The molecule has 2 rings (SSSR count). The molecule has 5 nitrogen and oxygen atoms in total. The summed E-state index contributed by atoms with van der Waals surface area (Å²) in [6.07, 6.45) is 4.38. The topological polar surface area (TPSA) is 64.3 Å². The van der Waals surface area contributed by atoms with Gasteiger partial charge in [0.15, 0.2) is 0 Å². The Kier molecular flexibility index (Phi) is 4.36. The van der Waals surface area contributed by atoms with Crippen LogP contribution in [0.4, 0.5) is 5.82 Å². The summed E-state index contributed by atoms with van der Waals surface area (Å²) in [5.41, 5.74) is 5.71. The Morgan fingerprint density at radius 1 is 1.50 bits per heavy atom. The van der Waals surface area contributed by atoms with Crippen molar-refractivity contribution >= 4 is 5.82 Å². The largest absolute Gasteiger partial charge is 0.477 e. The molecular weight excluding hydrogens is 228 g/mol. The van der Waals surface area contributed by atoms with Crippen LogP contribution in [0.2, 0.25) is 0 Å². The zero-order valence-corrected chi connectivity index (χ0v) is 11.2. The molecule has 0 spiro atoms. The molecule has 2 heterocycles. The monoisotopic (exact) mass is 250 g/mol. The van der Waals surface area contributed by atoms with Gasteiger partial charge in [-0.15, -0.1) is 0 Å². The lowest BCUT2D eigenvalue weighted by Gasteiger charge is -2.19. The van der Waals surface area contributed by atoms with Crippen molar-refractivity contribution in [3.05, 3.63) is 11.9 Å². The molecule has 1 saturated heterocycles. The van der Waals surface area contributed by atoms with Crippen LogP contribution in [0.5, 0.6) is 5.88 Å². The van der Waals surface area contributed by atoms with E-state index in [1.54, 1.807) is 6.07 Å². The van der Waals surface area contributed by atoms with Crippen LogP contribution in [0.3, 0.4) is 0 Å². The third-order valence-corrected chi connectivity index (χ3v) is 3.46. The number of nitrogens with two attached hydrogens (primary N) is 1. The van der Waals surface area contributed by atoms with E-state index in [4.69, 9.17) is 10.5 Å². The molecule has 1 aliphatic rings. The Morgan fingerprint density at radius 3 is 3.00 bits per heavy atom. The van der Waals surface area contributed by atoms with Crippen LogP contribution in [0.15, 0.2) is 6.07 Å². The van der Waals surface area contributed by atoms with Crippen molar-refractivity contribution in [2.45, 2.75) is 38.6 Å². The molecule has 0 bridgehead atoms. The highest BCUT2D eigenvalue weighted by Gasteiger charge is 2.20. The van der Waals surface area contributed by atoms with E-state index < -0.39 is 0 Å². The maximum absolute atomic E-state index is 5.71. The van der Waals surface area contributed by atoms with Crippen molar-refractivity contribution in [3.8, 4) is 5.88 Å². The normalized spacial score (nSPS) is 20.2. The second-order valence-corrected chi connectivity index (χ2v) is 4.81. The van der Waals surface area contributed by atoms with Crippen LogP contribution in [-0.2, 0) is 6.42 Å². The predicted octanol–water partition coefficient (Wildman–Crippen LogP) is 1.48. The van der Waals surface area contributed by atoms with E-state index in [1.165, 1.54) is 19.4 Å².